The molecule has 6 heteroatoms. The third kappa shape index (κ3) is 3.75. The van der Waals surface area contributed by atoms with Gasteiger partial charge in [0.05, 0.1) is 0 Å². The van der Waals surface area contributed by atoms with Crippen LogP contribution in [0.2, 0.25) is 0 Å². The van der Waals surface area contributed by atoms with Crippen molar-refractivity contribution in [1.29, 1.82) is 0 Å². The third-order valence-corrected chi connectivity index (χ3v) is 4.93. The first-order valence-corrected chi connectivity index (χ1v) is 8.09. The molecule has 1 aliphatic rings. The summed E-state index contributed by atoms with van der Waals surface area (Å²) in [5, 5.41) is 14.3. The van der Waals surface area contributed by atoms with Gasteiger partial charge in [0, 0.05) is 18.0 Å². The van der Waals surface area contributed by atoms with E-state index in [1.807, 2.05) is 31.4 Å². The molecule has 0 spiro atoms. The summed E-state index contributed by atoms with van der Waals surface area (Å²) < 4.78 is 0. The van der Waals surface area contributed by atoms with Gasteiger partial charge in [-0.1, -0.05) is 19.9 Å². The second-order valence-corrected chi connectivity index (χ2v) is 7.12. The van der Waals surface area contributed by atoms with Crippen LogP contribution in [-0.2, 0) is 11.2 Å². The predicted molar refractivity (Wildman–Crippen MR) is 82.6 cm³/mol. The fourth-order valence-electron chi connectivity index (χ4n) is 2.93. The number of amides is 2. The molecule has 0 aliphatic carbocycles. The van der Waals surface area contributed by atoms with Gasteiger partial charge in [-0.05, 0) is 36.1 Å². The number of piperidine rings is 1. The minimum Gasteiger partial charge on any atom is -0.480 e. The van der Waals surface area contributed by atoms with E-state index in [-0.39, 0.29) is 6.03 Å². The summed E-state index contributed by atoms with van der Waals surface area (Å²) in [7, 11) is 0. The number of nitrogens with zero attached hydrogens (tertiary/aromatic N) is 1. The summed E-state index contributed by atoms with van der Waals surface area (Å²) in [6.07, 6.45) is 2.44. The SMILES string of the molecule is CC1(C)CCCN(C(=O)NCCc2cccs2)C1C(=O)O. The molecule has 1 aromatic heterocycles. The molecule has 2 rings (SSSR count). The number of aliphatic carboxylic acids is 1. The first kappa shape index (κ1) is 15.8. The number of nitrogens with one attached hydrogen (secondary N) is 1. The topological polar surface area (TPSA) is 69.6 Å². The minimum atomic E-state index is -0.923. The van der Waals surface area contributed by atoms with Gasteiger partial charge in [0.25, 0.3) is 0 Å². The molecule has 5 nitrogen and oxygen atoms in total. The highest BCUT2D eigenvalue weighted by atomic mass is 32.1. The van der Waals surface area contributed by atoms with Crippen LogP contribution in [0.4, 0.5) is 4.79 Å². The quantitative estimate of drug-likeness (QED) is 0.898. The summed E-state index contributed by atoms with van der Waals surface area (Å²) in [4.78, 5) is 26.5. The summed E-state index contributed by atoms with van der Waals surface area (Å²) in [5.41, 5.74) is -0.394. The Morgan fingerprint density at radius 2 is 2.29 bits per heavy atom. The van der Waals surface area contributed by atoms with Crippen molar-refractivity contribution in [3.8, 4) is 0 Å². The van der Waals surface area contributed by atoms with Crippen molar-refractivity contribution in [1.82, 2.24) is 10.2 Å². The van der Waals surface area contributed by atoms with Gasteiger partial charge in [-0.25, -0.2) is 9.59 Å². The normalized spacial score (nSPS) is 21.0. The number of carboxylic acid groups (broad SMARTS) is 1. The highest BCUT2D eigenvalue weighted by Crippen LogP contribution is 2.35. The van der Waals surface area contributed by atoms with Crippen LogP contribution < -0.4 is 5.32 Å². The van der Waals surface area contributed by atoms with Gasteiger partial charge < -0.3 is 15.3 Å². The van der Waals surface area contributed by atoms with Crippen LogP contribution in [0.25, 0.3) is 0 Å². The first-order valence-electron chi connectivity index (χ1n) is 7.21. The van der Waals surface area contributed by atoms with Gasteiger partial charge in [0.15, 0.2) is 0 Å². The molecule has 1 atom stereocenters. The molecule has 2 heterocycles. The van der Waals surface area contributed by atoms with Crippen molar-refractivity contribution >= 4 is 23.3 Å². The van der Waals surface area contributed by atoms with Gasteiger partial charge >= 0.3 is 12.0 Å². The fraction of sp³-hybridized carbons (Fsp3) is 0.600. The summed E-state index contributed by atoms with van der Waals surface area (Å²) >= 11 is 1.66. The molecule has 0 saturated carbocycles. The van der Waals surface area contributed by atoms with Crippen LogP contribution in [0.5, 0.6) is 0 Å². The second-order valence-electron chi connectivity index (χ2n) is 6.09. The number of thiophene rings is 1. The molecule has 2 N–H and O–H groups in total. The number of carbonyl (C=O) groups excluding carboxylic acids is 1. The average molecular weight is 310 g/mol. The first-order chi connectivity index (χ1) is 9.92. The molecular formula is C15H22N2O3S. The Kier molecular flexibility index (Phi) is 4.88. The molecule has 1 aromatic rings. The Balaban J connectivity index is 1.94. The number of carboxylic acids is 1. The highest BCUT2D eigenvalue weighted by Gasteiger charge is 2.44. The van der Waals surface area contributed by atoms with E-state index in [0.29, 0.717) is 13.1 Å². The monoisotopic (exact) mass is 310 g/mol. The summed E-state index contributed by atoms with van der Waals surface area (Å²) in [6, 6.07) is 2.98. The van der Waals surface area contributed by atoms with E-state index in [1.54, 1.807) is 11.3 Å². The molecule has 2 amide bonds. The largest absolute Gasteiger partial charge is 0.480 e. The Hall–Kier alpha value is -1.56. The van der Waals surface area contributed by atoms with Crippen molar-refractivity contribution in [3.05, 3.63) is 22.4 Å². The minimum absolute atomic E-state index is 0.272. The Labute approximate surface area is 129 Å². The number of urea groups is 1. The molecule has 1 aliphatic heterocycles. The zero-order chi connectivity index (χ0) is 15.5. The van der Waals surface area contributed by atoms with Gasteiger partial charge in [-0.15, -0.1) is 11.3 Å². The van der Waals surface area contributed by atoms with E-state index in [9.17, 15) is 14.7 Å². The average Bonchev–Trinajstić information content (AvgIpc) is 2.89. The number of rotatable bonds is 4. The maximum absolute atomic E-state index is 12.3. The van der Waals surface area contributed by atoms with E-state index in [1.165, 1.54) is 9.78 Å². The Morgan fingerprint density at radius 3 is 2.90 bits per heavy atom. The van der Waals surface area contributed by atoms with Crippen molar-refractivity contribution < 1.29 is 14.7 Å². The third-order valence-electron chi connectivity index (χ3n) is 3.99. The van der Waals surface area contributed by atoms with E-state index in [0.717, 1.165) is 19.3 Å². The molecule has 116 valence electrons. The van der Waals surface area contributed by atoms with E-state index >= 15 is 0 Å². The van der Waals surface area contributed by atoms with Crippen molar-refractivity contribution in [3.63, 3.8) is 0 Å². The van der Waals surface area contributed by atoms with Crippen molar-refractivity contribution in [2.45, 2.75) is 39.2 Å². The van der Waals surface area contributed by atoms with Crippen LogP contribution >= 0.6 is 11.3 Å². The molecule has 0 bridgehead atoms. The number of hydrogen-bond acceptors (Lipinski definition) is 3. The Bertz CT molecular complexity index is 499. The molecule has 21 heavy (non-hydrogen) atoms. The smallest absolute Gasteiger partial charge is 0.327 e. The van der Waals surface area contributed by atoms with Crippen molar-refractivity contribution in [2.75, 3.05) is 13.1 Å². The van der Waals surface area contributed by atoms with Crippen LogP contribution in [0, 0.1) is 5.41 Å². The second kappa shape index (κ2) is 6.47. The molecule has 0 aromatic carbocycles. The molecule has 1 saturated heterocycles. The zero-order valence-corrected chi connectivity index (χ0v) is 13.3. The van der Waals surface area contributed by atoms with Crippen LogP contribution in [0.1, 0.15) is 31.6 Å². The van der Waals surface area contributed by atoms with Gasteiger partial charge in [0.1, 0.15) is 6.04 Å². The summed E-state index contributed by atoms with van der Waals surface area (Å²) in [5.74, 6) is -0.923. The standard InChI is InChI=1S/C15H22N2O3S/c1-15(2)7-4-9-17(12(15)13(18)19)14(20)16-8-6-11-5-3-10-21-11/h3,5,10,12H,4,6-9H2,1-2H3,(H,16,20)(H,18,19). The highest BCUT2D eigenvalue weighted by molar-refractivity contribution is 7.09. The maximum atomic E-state index is 12.3. The number of likely N-dealkylation sites (tertiary alicyclic amines) is 1. The van der Waals surface area contributed by atoms with Crippen LogP contribution in [0.15, 0.2) is 17.5 Å². The summed E-state index contributed by atoms with van der Waals surface area (Å²) in [6.45, 7) is 4.86. The van der Waals surface area contributed by atoms with E-state index < -0.39 is 17.4 Å². The number of carbonyl (C=O) groups is 2. The lowest BCUT2D eigenvalue weighted by atomic mass is 9.76. The van der Waals surface area contributed by atoms with Crippen LogP contribution in [0.3, 0.4) is 0 Å². The molecule has 1 fully saturated rings. The van der Waals surface area contributed by atoms with Crippen LogP contribution in [-0.4, -0.2) is 41.1 Å². The van der Waals surface area contributed by atoms with Crippen molar-refractivity contribution in [2.24, 2.45) is 5.41 Å². The molecular weight excluding hydrogens is 288 g/mol. The van der Waals surface area contributed by atoms with E-state index in [2.05, 4.69) is 5.32 Å². The Morgan fingerprint density at radius 1 is 1.52 bits per heavy atom. The predicted octanol–water partition coefficient (Wildman–Crippen LogP) is 2.58. The van der Waals surface area contributed by atoms with E-state index in [4.69, 9.17) is 0 Å². The zero-order valence-electron chi connectivity index (χ0n) is 12.5. The van der Waals surface area contributed by atoms with Gasteiger partial charge in [-0.2, -0.15) is 0 Å². The number of hydrogen-bond donors (Lipinski definition) is 2. The lowest BCUT2D eigenvalue weighted by Crippen LogP contribution is -2.58. The fourth-order valence-corrected chi connectivity index (χ4v) is 3.64. The molecule has 1 unspecified atom stereocenters. The lowest BCUT2D eigenvalue weighted by molar-refractivity contribution is -0.148. The molecule has 0 radical (unpaired) electrons. The van der Waals surface area contributed by atoms with Gasteiger partial charge in [-0.3, -0.25) is 0 Å². The van der Waals surface area contributed by atoms with Gasteiger partial charge in [0.2, 0.25) is 0 Å². The lowest BCUT2D eigenvalue weighted by Gasteiger charge is -2.43. The maximum Gasteiger partial charge on any atom is 0.327 e.